The van der Waals surface area contributed by atoms with Crippen LogP contribution in [0.5, 0.6) is 0 Å². The van der Waals surface area contributed by atoms with Crippen LogP contribution in [-0.4, -0.2) is 50.7 Å². The first-order valence-corrected chi connectivity index (χ1v) is 8.21. The van der Waals surface area contributed by atoms with Gasteiger partial charge in [-0.1, -0.05) is 18.6 Å². The highest BCUT2D eigenvalue weighted by atomic mass is 16.3. The summed E-state index contributed by atoms with van der Waals surface area (Å²) in [5, 5.41) is 20.4. The molecule has 7 nitrogen and oxygen atoms in total. The lowest BCUT2D eigenvalue weighted by atomic mass is 9.97. The van der Waals surface area contributed by atoms with Gasteiger partial charge in [-0.25, -0.2) is 4.79 Å². The Kier molecular flexibility index (Phi) is 6.18. The summed E-state index contributed by atoms with van der Waals surface area (Å²) in [7, 11) is 0. The van der Waals surface area contributed by atoms with Crippen LogP contribution in [-0.2, 0) is 6.54 Å². The van der Waals surface area contributed by atoms with E-state index in [2.05, 4.69) is 22.6 Å². The molecular formula is C15H27N5O2. The van der Waals surface area contributed by atoms with Crippen molar-refractivity contribution in [1.82, 2.24) is 25.2 Å². The Bertz CT molecular complexity index is 466. The smallest absolute Gasteiger partial charge is 0.317 e. The first-order valence-electron chi connectivity index (χ1n) is 8.21. The predicted octanol–water partition coefficient (Wildman–Crippen LogP) is 1.55. The first kappa shape index (κ1) is 16.7. The lowest BCUT2D eigenvalue weighted by Gasteiger charge is -2.31. The molecule has 0 spiro atoms. The van der Waals surface area contributed by atoms with Crippen LogP contribution in [0.3, 0.4) is 0 Å². The highest BCUT2D eigenvalue weighted by Crippen LogP contribution is 2.19. The molecule has 1 unspecified atom stereocenters. The third-order valence-corrected chi connectivity index (χ3v) is 4.14. The molecule has 2 amide bonds. The Morgan fingerprint density at radius 2 is 2.23 bits per heavy atom. The van der Waals surface area contributed by atoms with Crippen molar-refractivity contribution in [1.29, 1.82) is 0 Å². The Labute approximate surface area is 131 Å². The summed E-state index contributed by atoms with van der Waals surface area (Å²) >= 11 is 0. The number of amides is 2. The average molecular weight is 309 g/mol. The number of urea groups is 1. The number of likely N-dealkylation sites (tertiary alicyclic amines) is 1. The lowest BCUT2D eigenvalue weighted by molar-refractivity contribution is 0.164. The molecule has 1 aromatic heterocycles. The van der Waals surface area contributed by atoms with Gasteiger partial charge in [-0.2, -0.15) is 0 Å². The van der Waals surface area contributed by atoms with Crippen molar-refractivity contribution in [2.24, 2.45) is 5.92 Å². The topological polar surface area (TPSA) is 83.3 Å². The minimum Gasteiger partial charge on any atom is -0.387 e. The Morgan fingerprint density at radius 3 is 2.82 bits per heavy atom. The van der Waals surface area contributed by atoms with E-state index in [0.29, 0.717) is 11.6 Å². The van der Waals surface area contributed by atoms with E-state index in [0.717, 1.165) is 51.9 Å². The van der Waals surface area contributed by atoms with E-state index in [1.165, 1.54) is 0 Å². The van der Waals surface area contributed by atoms with Crippen LogP contribution >= 0.6 is 0 Å². The second-order valence-corrected chi connectivity index (χ2v) is 6.06. The summed E-state index contributed by atoms with van der Waals surface area (Å²) in [6.07, 6.45) is 5.29. The van der Waals surface area contributed by atoms with Gasteiger partial charge < -0.3 is 15.3 Å². The fourth-order valence-corrected chi connectivity index (χ4v) is 2.66. The summed E-state index contributed by atoms with van der Waals surface area (Å²) in [5.41, 5.74) is 0.604. The zero-order valence-corrected chi connectivity index (χ0v) is 13.5. The van der Waals surface area contributed by atoms with Gasteiger partial charge in [0.05, 0.1) is 12.3 Å². The Balaban J connectivity index is 1.73. The summed E-state index contributed by atoms with van der Waals surface area (Å²) in [6.45, 7) is 6.94. The molecule has 1 aliphatic rings. The molecule has 2 rings (SSSR count). The van der Waals surface area contributed by atoms with Gasteiger partial charge in [0.1, 0.15) is 5.69 Å². The molecule has 1 aromatic rings. The first-order chi connectivity index (χ1) is 10.6. The van der Waals surface area contributed by atoms with Gasteiger partial charge in [-0.05, 0) is 32.1 Å². The maximum atomic E-state index is 12.0. The van der Waals surface area contributed by atoms with Gasteiger partial charge in [0.15, 0.2) is 0 Å². The van der Waals surface area contributed by atoms with Crippen molar-refractivity contribution in [2.75, 3.05) is 19.6 Å². The van der Waals surface area contributed by atoms with Gasteiger partial charge in [-0.3, -0.25) is 4.68 Å². The normalized spacial score (nSPS) is 17.5. The number of aliphatic hydroxyl groups is 1. The number of carbonyl (C=O) groups is 1. The zero-order valence-electron chi connectivity index (χ0n) is 13.5. The molecule has 7 heteroatoms. The maximum Gasteiger partial charge on any atom is 0.317 e. The molecular weight excluding hydrogens is 282 g/mol. The van der Waals surface area contributed by atoms with Crippen molar-refractivity contribution in [3.8, 4) is 0 Å². The van der Waals surface area contributed by atoms with Crippen LogP contribution < -0.4 is 5.32 Å². The zero-order chi connectivity index (χ0) is 15.9. The van der Waals surface area contributed by atoms with E-state index in [-0.39, 0.29) is 6.03 Å². The van der Waals surface area contributed by atoms with Crippen LogP contribution in [0, 0.1) is 5.92 Å². The van der Waals surface area contributed by atoms with Gasteiger partial charge in [-0.15, -0.1) is 5.10 Å². The molecule has 0 saturated carbocycles. The molecule has 1 aliphatic heterocycles. The number of rotatable bonds is 6. The average Bonchev–Trinajstić information content (AvgIpc) is 2.97. The standard InChI is InChI=1S/C15H27N5O2/c1-3-4-7-16-15(22)19-8-5-13(6-9-19)10-20-11-14(12(2)21)17-18-20/h11-13,21H,3-10H2,1-2H3,(H,16,22). The van der Waals surface area contributed by atoms with Gasteiger partial charge in [0.2, 0.25) is 0 Å². The fraction of sp³-hybridized carbons (Fsp3) is 0.800. The molecule has 0 radical (unpaired) electrons. The molecule has 0 bridgehead atoms. The predicted molar refractivity (Wildman–Crippen MR) is 83.3 cm³/mol. The molecule has 2 N–H and O–H groups in total. The lowest BCUT2D eigenvalue weighted by Crippen LogP contribution is -2.45. The highest BCUT2D eigenvalue weighted by Gasteiger charge is 2.23. The fourth-order valence-electron chi connectivity index (χ4n) is 2.66. The number of unbranched alkanes of at least 4 members (excludes halogenated alkanes) is 1. The number of aliphatic hydroxyl groups excluding tert-OH is 1. The maximum absolute atomic E-state index is 12.0. The largest absolute Gasteiger partial charge is 0.387 e. The summed E-state index contributed by atoms with van der Waals surface area (Å²) in [5.74, 6) is 0.503. The number of aromatic nitrogens is 3. The molecule has 22 heavy (non-hydrogen) atoms. The van der Waals surface area contributed by atoms with E-state index in [1.54, 1.807) is 17.8 Å². The number of nitrogens with zero attached hydrogens (tertiary/aromatic N) is 4. The molecule has 1 atom stereocenters. The molecule has 0 aliphatic carbocycles. The van der Waals surface area contributed by atoms with Crippen LogP contribution in [0.4, 0.5) is 4.79 Å². The quantitative estimate of drug-likeness (QED) is 0.781. The molecule has 0 aromatic carbocycles. The van der Waals surface area contributed by atoms with Gasteiger partial charge >= 0.3 is 6.03 Å². The number of piperidine rings is 1. The van der Waals surface area contributed by atoms with Crippen LogP contribution in [0.2, 0.25) is 0 Å². The number of nitrogens with one attached hydrogen (secondary N) is 1. The third kappa shape index (κ3) is 4.69. The molecule has 2 heterocycles. The van der Waals surface area contributed by atoms with Crippen molar-refractivity contribution >= 4 is 6.03 Å². The second kappa shape index (κ2) is 8.12. The molecule has 124 valence electrons. The van der Waals surface area contributed by atoms with E-state index < -0.39 is 6.10 Å². The Hall–Kier alpha value is -1.63. The van der Waals surface area contributed by atoms with Gasteiger partial charge in [0.25, 0.3) is 0 Å². The summed E-state index contributed by atoms with van der Waals surface area (Å²) < 4.78 is 1.80. The Morgan fingerprint density at radius 1 is 1.50 bits per heavy atom. The SMILES string of the molecule is CCCCNC(=O)N1CCC(Cn2cc(C(C)O)nn2)CC1. The molecule has 1 saturated heterocycles. The minimum absolute atomic E-state index is 0.0593. The van der Waals surface area contributed by atoms with E-state index in [1.807, 2.05) is 4.90 Å². The van der Waals surface area contributed by atoms with Crippen LogP contribution in [0.1, 0.15) is 51.3 Å². The van der Waals surface area contributed by atoms with Crippen LogP contribution in [0.15, 0.2) is 6.20 Å². The summed E-state index contributed by atoms with van der Waals surface area (Å²) in [6, 6.07) is 0.0593. The van der Waals surface area contributed by atoms with E-state index >= 15 is 0 Å². The molecule has 1 fully saturated rings. The van der Waals surface area contributed by atoms with E-state index in [9.17, 15) is 9.90 Å². The summed E-state index contributed by atoms with van der Waals surface area (Å²) in [4.78, 5) is 13.9. The van der Waals surface area contributed by atoms with Crippen molar-refractivity contribution in [3.05, 3.63) is 11.9 Å². The van der Waals surface area contributed by atoms with Crippen molar-refractivity contribution in [2.45, 2.75) is 52.2 Å². The van der Waals surface area contributed by atoms with Crippen molar-refractivity contribution < 1.29 is 9.90 Å². The third-order valence-electron chi connectivity index (χ3n) is 4.14. The second-order valence-electron chi connectivity index (χ2n) is 6.06. The minimum atomic E-state index is -0.581. The number of carbonyl (C=O) groups excluding carboxylic acids is 1. The number of hydrogen-bond acceptors (Lipinski definition) is 4. The van der Waals surface area contributed by atoms with Crippen LogP contribution in [0.25, 0.3) is 0 Å². The van der Waals surface area contributed by atoms with Gasteiger partial charge in [0, 0.05) is 26.2 Å². The van der Waals surface area contributed by atoms with E-state index in [4.69, 9.17) is 0 Å². The number of hydrogen-bond donors (Lipinski definition) is 2. The highest BCUT2D eigenvalue weighted by molar-refractivity contribution is 5.74. The van der Waals surface area contributed by atoms with Crippen molar-refractivity contribution in [3.63, 3.8) is 0 Å². The monoisotopic (exact) mass is 309 g/mol.